The van der Waals surface area contributed by atoms with E-state index in [1.54, 1.807) is 18.3 Å². The lowest BCUT2D eigenvalue weighted by Crippen LogP contribution is -2.08. The number of carbonyl (C=O) groups is 1. The van der Waals surface area contributed by atoms with Crippen molar-refractivity contribution in [2.24, 2.45) is 0 Å². The topological polar surface area (TPSA) is 70.7 Å². The van der Waals surface area contributed by atoms with Gasteiger partial charge in [-0.15, -0.1) is 0 Å². The highest BCUT2D eigenvalue weighted by atomic mass is 35.5. The zero-order chi connectivity index (χ0) is 22.2. The van der Waals surface area contributed by atoms with E-state index in [1.165, 1.54) is 24.5 Å². The van der Waals surface area contributed by atoms with Crippen LogP contribution in [0.15, 0.2) is 59.9 Å². The van der Waals surface area contributed by atoms with Crippen LogP contribution in [-0.4, -0.2) is 20.7 Å². The van der Waals surface area contributed by atoms with Gasteiger partial charge in [0.1, 0.15) is 11.3 Å². The number of aromatic amines is 1. The number of halogens is 5. The van der Waals surface area contributed by atoms with Crippen molar-refractivity contribution >= 4 is 57.7 Å². The molecule has 4 rings (SSSR count). The van der Waals surface area contributed by atoms with Gasteiger partial charge in [-0.3, -0.25) is 4.79 Å². The molecule has 3 heterocycles. The maximum Gasteiger partial charge on any atom is 0.417 e. The van der Waals surface area contributed by atoms with Gasteiger partial charge in [0, 0.05) is 34.4 Å². The summed E-state index contributed by atoms with van der Waals surface area (Å²) >= 11 is 12.6. The second-order valence-electron chi connectivity index (χ2n) is 6.32. The van der Waals surface area contributed by atoms with E-state index in [4.69, 9.17) is 23.2 Å². The van der Waals surface area contributed by atoms with Crippen LogP contribution in [0.25, 0.3) is 11.0 Å². The lowest BCUT2D eigenvalue weighted by Gasteiger charge is -2.13. The molecule has 4 aromatic rings. The third kappa shape index (κ3) is 4.48. The largest absolute Gasteiger partial charge is 0.417 e. The third-order valence-electron chi connectivity index (χ3n) is 4.30. The Labute approximate surface area is 188 Å². The fraction of sp³-hybridized carbons (Fsp3) is 0.0500. The summed E-state index contributed by atoms with van der Waals surface area (Å²) in [4.78, 5) is 24.6. The number of carbonyl (C=O) groups excluding carboxylic acids is 1. The highest BCUT2D eigenvalue weighted by Crippen LogP contribution is 2.37. The number of hydrogen-bond acceptors (Lipinski definition) is 5. The van der Waals surface area contributed by atoms with Crippen LogP contribution < -0.4 is 4.72 Å². The van der Waals surface area contributed by atoms with Crippen LogP contribution in [0.5, 0.6) is 0 Å². The van der Waals surface area contributed by atoms with Gasteiger partial charge in [-0.1, -0.05) is 23.2 Å². The Morgan fingerprint density at radius 2 is 1.90 bits per heavy atom. The molecular formula is C20H11Cl2F3N4OS. The maximum absolute atomic E-state index is 13.2. The fourth-order valence-electron chi connectivity index (χ4n) is 2.88. The number of benzene rings is 1. The van der Waals surface area contributed by atoms with E-state index < -0.39 is 16.8 Å². The quantitative estimate of drug-likeness (QED) is 0.246. The monoisotopic (exact) mass is 482 g/mol. The lowest BCUT2D eigenvalue weighted by molar-refractivity contribution is -0.137. The first-order chi connectivity index (χ1) is 14.7. The summed E-state index contributed by atoms with van der Waals surface area (Å²) in [7, 11) is 0. The zero-order valence-corrected chi connectivity index (χ0v) is 17.6. The Kier molecular flexibility index (Phi) is 5.83. The normalized spacial score (nSPS) is 11.6. The molecule has 31 heavy (non-hydrogen) atoms. The Bertz CT molecular complexity index is 1290. The second-order valence-corrected chi connectivity index (χ2v) is 8.04. The van der Waals surface area contributed by atoms with Crippen molar-refractivity contribution in [3.8, 4) is 0 Å². The van der Waals surface area contributed by atoms with Crippen molar-refractivity contribution < 1.29 is 18.0 Å². The van der Waals surface area contributed by atoms with Gasteiger partial charge in [0.15, 0.2) is 0 Å². The van der Waals surface area contributed by atoms with Crippen molar-refractivity contribution in [3.63, 3.8) is 0 Å². The minimum Gasteiger partial charge on any atom is -0.346 e. The molecule has 0 unspecified atom stereocenters. The number of pyridine rings is 2. The summed E-state index contributed by atoms with van der Waals surface area (Å²) in [6, 6.07) is 8.29. The summed E-state index contributed by atoms with van der Waals surface area (Å²) in [6.45, 7) is 0. The highest BCUT2D eigenvalue weighted by Gasteiger charge is 2.33. The Hall–Kier alpha value is -2.75. The van der Waals surface area contributed by atoms with Gasteiger partial charge in [0.25, 0.3) is 0 Å². The van der Waals surface area contributed by atoms with E-state index >= 15 is 0 Å². The molecule has 0 aliphatic carbocycles. The predicted molar refractivity (Wildman–Crippen MR) is 115 cm³/mol. The van der Waals surface area contributed by atoms with E-state index in [0.29, 0.717) is 16.6 Å². The average molecular weight is 483 g/mol. The first-order valence-corrected chi connectivity index (χ1v) is 10.2. The van der Waals surface area contributed by atoms with Crippen LogP contribution in [-0.2, 0) is 6.18 Å². The first kappa shape index (κ1) is 21.5. The molecular weight excluding hydrogens is 472 g/mol. The molecule has 0 fully saturated rings. The van der Waals surface area contributed by atoms with E-state index in [9.17, 15) is 18.0 Å². The molecule has 0 atom stereocenters. The molecule has 1 aromatic carbocycles. The van der Waals surface area contributed by atoms with Crippen LogP contribution in [0.1, 0.15) is 21.6 Å². The minimum atomic E-state index is -4.59. The van der Waals surface area contributed by atoms with E-state index in [0.717, 1.165) is 24.1 Å². The van der Waals surface area contributed by atoms with Crippen molar-refractivity contribution in [2.75, 3.05) is 4.72 Å². The number of aromatic nitrogens is 3. The highest BCUT2D eigenvalue weighted by molar-refractivity contribution is 8.00. The summed E-state index contributed by atoms with van der Waals surface area (Å²) in [5.41, 5.74) is 0.291. The van der Waals surface area contributed by atoms with Crippen LogP contribution in [0.3, 0.4) is 0 Å². The Morgan fingerprint density at radius 1 is 1.10 bits per heavy atom. The van der Waals surface area contributed by atoms with Gasteiger partial charge in [-0.2, -0.15) is 13.2 Å². The van der Waals surface area contributed by atoms with Gasteiger partial charge < -0.3 is 9.71 Å². The molecule has 0 radical (unpaired) electrons. The summed E-state index contributed by atoms with van der Waals surface area (Å²) in [5, 5.41) is 0.481. The second kappa shape index (κ2) is 8.41. The smallest absolute Gasteiger partial charge is 0.346 e. The molecule has 0 bridgehead atoms. The standard InChI is InChI=1S/C20H11Cl2F3N4OS/c21-10-7-16(29-31-11-1-2-15(22)14(8-11)20(23,24)25)17(28-9-10)18(30)12-3-5-26-19-13(12)4-6-27-19/h1-9,29H,(H,26,27). The summed E-state index contributed by atoms with van der Waals surface area (Å²) < 4.78 is 42.2. The lowest BCUT2D eigenvalue weighted by atomic mass is 10.0. The molecule has 0 amide bonds. The van der Waals surface area contributed by atoms with Crippen LogP contribution in [0, 0.1) is 0 Å². The number of nitrogens with zero attached hydrogens (tertiary/aromatic N) is 2. The number of rotatable bonds is 5. The zero-order valence-electron chi connectivity index (χ0n) is 15.3. The van der Waals surface area contributed by atoms with Gasteiger partial charge >= 0.3 is 6.18 Å². The summed E-state index contributed by atoms with van der Waals surface area (Å²) in [6.07, 6.45) is -0.104. The van der Waals surface area contributed by atoms with Crippen molar-refractivity contribution in [3.05, 3.63) is 81.9 Å². The number of hydrogen-bond donors (Lipinski definition) is 2. The van der Waals surface area contributed by atoms with E-state index in [2.05, 4.69) is 19.7 Å². The van der Waals surface area contributed by atoms with Gasteiger partial charge in [0.2, 0.25) is 5.78 Å². The molecule has 0 saturated heterocycles. The molecule has 5 nitrogen and oxygen atoms in total. The van der Waals surface area contributed by atoms with Crippen LogP contribution >= 0.6 is 35.1 Å². The molecule has 0 aliphatic heterocycles. The maximum atomic E-state index is 13.2. The number of ketones is 1. The number of H-pyrrole nitrogens is 1. The van der Waals surface area contributed by atoms with Crippen molar-refractivity contribution in [2.45, 2.75) is 11.1 Å². The number of nitrogens with one attached hydrogen (secondary N) is 2. The molecule has 2 N–H and O–H groups in total. The van der Waals surface area contributed by atoms with E-state index in [-0.39, 0.29) is 27.1 Å². The van der Waals surface area contributed by atoms with Crippen LogP contribution in [0.2, 0.25) is 10.0 Å². The van der Waals surface area contributed by atoms with Gasteiger partial charge in [-0.05, 0) is 48.3 Å². The molecule has 3 aromatic heterocycles. The van der Waals surface area contributed by atoms with Crippen molar-refractivity contribution in [1.29, 1.82) is 0 Å². The van der Waals surface area contributed by atoms with Gasteiger partial charge in [-0.25, -0.2) is 9.97 Å². The minimum absolute atomic E-state index is 0.0654. The number of anilines is 1. The predicted octanol–water partition coefficient (Wildman–Crippen LogP) is 6.63. The average Bonchev–Trinajstić information content (AvgIpc) is 3.21. The first-order valence-electron chi connectivity index (χ1n) is 8.66. The fourth-order valence-corrected chi connectivity index (χ4v) is 3.96. The molecule has 0 spiro atoms. The number of alkyl halides is 3. The molecule has 0 aliphatic rings. The van der Waals surface area contributed by atoms with Gasteiger partial charge in [0.05, 0.1) is 21.3 Å². The Balaban J connectivity index is 1.66. The third-order valence-corrected chi connectivity index (χ3v) is 5.64. The van der Waals surface area contributed by atoms with E-state index in [1.807, 2.05) is 0 Å². The molecule has 11 heteroatoms. The molecule has 158 valence electrons. The summed E-state index contributed by atoms with van der Waals surface area (Å²) in [5.74, 6) is -0.390. The van der Waals surface area contributed by atoms with Crippen LogP contribution in [0.4, 0.5) is 18.9 Å². The van der Waals surface area contributed by atoms with Crippen molar-refractivity contribution in [1.82, 2.24) is 15.0 Å². The SMILES string of the molecule is O=C(c1ncc(Cl)cc1NSc1ccc(Cl)c(C(F)(F)F)c1)c1ccnc2[nH]ccc12. The number of fused-ring (bicyclic) bond motifs is 1. The Morgan fingerprint density at radius 3 is 2.68 bits per heavy atom. The molecule has 0 saturated carbocycles.